The standard InChI is InChI=1S/C14H17NO5S/c1-10-5-7-15(8-6-10)21(18,19)13-4-3-11(14(16)17)9-12(13)20-2/h3-5,9H,6-8H2,1-2H3,(H,16,17). The molecule has 0 radical (unpaired) electrons. The lowest BCUT2D eigenvalue weighted by atomic mass is 10.1. The van der Waals surface area contributed by atoms with Crippen LogP contribution in [0, 0.1) is 0 Å². The third-order valence-electron chi connectivity index (χ3n) is 3.43. The van der Waals surface area contributed by atoms with Crippen molar-refractivity contribution in [2.24, 2.45) is 0 Å². The van der Waals surface area contributed by atoms with Gasteiger partial charge < -0.3 is 9.84 Å². The molecule has 114 valence electrons. The Hall–Kier alpha value is -1.86. The Kier molecular flexibility index (Phi) is 4.34. The zero-order chi connectivity index (χ0) is 15.6. The van der Waals surface area contributed by atoms with E-state index in [1.165, 1.54) is 29.6 Å². The monoisotopic (exact) mass is 311 g/mol. The maximum Gasteiger partial charge on any atom is 0.335 e. The second kappa shape index (κ2) is 5.87. The Morgan fingerprint density at radius 2 is 2.10 bits per heavy atom. The highest BCUT2D eigenvalue weighted by Gasteiger charge is 2.28. The first-order chi connectivity index (χ1) is 9.86. The summed E-state index contributed by atoms with van der Waals surface area (Å²) in [6.45, 7) is 2.69. The van der Waals surface area contributed by atoms with Crippen LogP contribution in [0.15, 0.2) is 34.7 Å². The third kappa shape index (κ3) is 3.08. The number of nitrogens with zero attached hydrogens (tertiary/aromatic N) is 1. The van der Waals surface area contributed by atoms with Crippen molar-refractivity contribution in [3.63, 3.8) is 0 Å². The number of carbonyl (C=O) groups is 1. The molecule has 1 aliphatic heterocycles. The number of carboxylic acids is 1. The molecule has 6 nitrogen and oxygen atoms in total. The Morgan fingerprint density at radius 1 is 1.38 bits per heavy atom. The maximum absolute atomic E-state index is 12.6. The summed E-state index contributed by atoms with van der Waals surface area (Å²) in [6, 6.07) is 3.77. The van der Waals surface area contributed by atoms with Gasteiger partial charge in [0.1, 0.15) is 10.6 Å². The normalized spacial score (nSPS) is 16.4. The van der Waals surface area contributed by atoms with Crippen LogP contribution in [0.3, 0.4) is 0 Å². The molecule has 0 saturated carbocycles. The van der Waals surface area contributed by atoms with Crippen molar-refractivity contribution in [1.29, 1.82) is 0 Å². The van der Waals surface area contributed by atoms with Gasteiger partial charge in [0, 0.05) is 13.1 Å². The number of sulfonamides is 1. The number of hydrogen-bond acceptors (Lipinski definition) is 4. The zero-order valence-corrected chi connectivity index (χ0v) is 12.7. The van der Waals surface area contributed by atoms with Crippen molar-refractivity contribution < 1.29 is 23.1 Å². The molecule has 0 aromatic heterocycles. The van der Waals surface area contributed by atoms with Crippen LogP contribution in [-0.2, 0) is 10.0 Å². The van der Waals surface area contributed by atoms with Gasteiger partial charge in [-0.3, -0.25) is 0 Å². The van der Waals surface area contributed by atoms with Crippen molar-refractivity contribution in [3.05, 3.63) is 35.4 Å². The number of rotatable bonds is 4. The highest BCUT2D eigenvalue weighted by molar-refractivity contribution is 7.89. The van der Waals surface area contributed by atoms with Gasteiger partial charge in [0.2, 0.25) is 10.0 Å². The predicted molar refractivity (Wildman–Crippen MR) is 77.1 cm³/mol. The molecular weight excluding hydrogens is 294 g/mol. The summed E-state index contributed by atoms with van der Waals surface area (Å²) in [5, 5.41) is 8.95. The minimum atomic E-state index is -3.70. The van der Waals surface area contributed by atoms with Crippen LogP contribution in [-0.4, -0.2) is 44.0 Å². The molecule has 7 heteroatoms. The average molecular weight is 311 g/mol. The van der Waals surface area contributed by atoms with Crippen molar-refractivity contribution in [3.8, 4) is 5.75 Å². The van der Waals surface area contributed by atoms with Crippen LogP contribution in [0.2, 0.25) is 0 Å². The van der Waals surface area contributed by atoms with E-state index in [4.69, 9.17) is 9.84 Å². The number of benzene rings is 1. The lowest BCUT2D eigenvalue weighted by Crippen LogP contribution is -2.34. The Balaban J connectivity index is 2.43. The summed E-state index contributed by atoms with van der Waals surface area (Å²) in [4.78, 5) is 10.9. The fourth-order valence-electron chi connectivity index (χ4n) is 2.12. The molecule has 0 spiro atoms. The smallest absolute Gasteiger partial charge is 0.335 e. The van der Waals surface area contributed by atoms with Gasteiger partial charge in [0.05, 0.1) is 12.7 Å². The van der Waals surface area contributed by atoms with Crippen molar-refractivity contribution in [1.82, 2.24) is 4.31 Å². The quantitative estimate of drug-likeness (QED) is 0.856. The lowest BCUT2D eigenvalue weighted by molar-refractivity contribution is 0.0696. The number of methoxy groups -OCH3 is 1. The van der Waals surface area contributed by atoms with Gasteiger partial charge in [-0.05, 0) is 31.5 Å². The van der Waals surface area contributed by atoms with Crippen LogP contribution in [0.5, 0.6) is 5.75 Å². The molecule has 0 unspecified atom stereocenters. The Labute approximate surface area is 123 Å². The molecule has 0 bridgehead atoms. The number of ether oxygens (including phenoxy) is 1. The van der Waals surface area contributed by atoms with Crippen LogP contribution in [0.1, 0.15) is 23.7 Å². The second-order valence-electron chi connectivity index (χ2n) is 4.83. The van der Waals surface area contributed by atoms with Crippen molar-refractivity contribution in [2.75, 3.05) is 20.2 Å². The van der Waals surface area contributed by atoms with E-state index in [2.05, 4.69) is 0 Å². The highest BCUT2D eigenvalue weighted by Crippen LogP contribution is 2.29. The maximum atomic E-state index is 12.6. The van der Waals surface area contributed by atoms with E-state index in [1.54, 1.807) is 0 Å². The van der Waals surface area contributed by atoms with E-state index in [-0.39, 0.29) is 16.2 Å². The topological polar surface area (TPSA) is 83.9 Å². The molecule has 0 aliphatic carbocycles. The molecule has 0 saturated heterocycles. The van der Waals surface area contributed by atoms with Crippen molar-refractivity contribution >= 4 is 16.0 Å². The summed E-state index contributed by atoms with van der Waals surface area (Å²) in [6.07, 6.45) is 2.56. The number of hydrogen-bond donors (Lipinski definition) is 1. The summed E-state index contributed by atoms with van der Waals surface area (Å²) in [5.41, 5.74) is 1.15. The molecule has 1 aromatic carbocycles. The molecule has 1 heterocycles. The van der Waals surface area contributed by atoms with E-state index < -0.39 is 16.0 Å². The zero-order valence-electron chi connectivity index (χ0n) is 11.9. The molecule has 2 rings (SSSR count). The molecule has 0 amide bonds. The minimum absolute atomic E-state index is 0.0112. The Morgan fingerprint density at radius 3 is 2.62 bits per heavy atom. The fourth-order valence-corrected chi connectivity index (χ4v) is 3.64. The first kappa shape index (κ1) is 15.5. The van der Waals surface area contributed by atoms with Gasteiger partial charge in [-0.1, -0.05) is 11.6 Å². The first-order valence-electron chi connectivity index (χ1n) is 6.43. The van der Waals surface area contributed by atoms with Crippen LogP contribution in [0.25, 0.3) is 0 Å². The average Bonchev–Trinajstić information content (AvgIpc) is 2.46. The van der Waals surface area contributed by atoms with Gasteiger partial charge in [0.25, 0.3) is 0 Å². The summed E-state index contributed by atoms with van der Waals surface area (Å²) < 4.78 is 31.7. The van der Waals surface area contributed by atoms with Crippen LogP contribution < -0.4 is 4.74 Å². The van der Waals surface area contributed by atoms with Gasteiger partial charge in [-0.25, -0.2) is 13.2 Å². The molecule has 1 aliphatic rings. The largest absolute Gasteiger partial charge is 0.495 e. The summed E-state index contributed by atoms with van der Waals surface area (Å²) in [5.74, 6) is -1.09. The van der Waals surface area contributed by atoms with E-state index >= 15 is 0 Å². The fraction of sp³-hybridized carbons (Fsp3) is 0.357. The van der Waals surface area contributed by atoms with Gasteiger partial charge >= 0.3 is 5.97 Å². The molecule has 0 fully saturated rings. The number of aromatic carboxylic acids is 1. The first-order valence-corrected chi connectivity index (χ1v) is 7.87. The third-order valence-corrected chi connectivity index (χ3v) is 5.33. The van der Waals surface area contributed by atoms with Gasteiger partial charge in [-0.15, -0.1) is 0 Å². The van der Waals surface area contributed by atoms with E-state index in [1.807, 2.05) is 13.0 Å². The summed E-state index contributed by atoms with van der Waals surface area (Å²) >= 11 is 0. The highest BCUT2D eigenvalue weighted by atomic mass is 32.2. The van der Waals surface area contributed by atoms with E-state index in [0.29, 0.717) is 19.5 Å². The minimum Gasteiger partial charge on any atom is -0.495 e. The molecule has 21 heavy (non-hydrogen) atoms. The molecule has 0 atom stereocenters. The van der Waals surface area contributed by atoms with E-state index in [9.17, 15) is 13.2 Å². The second-order valence-corrected chi connectivity index (χ2v) is 6.74. The van der Waals surface area contributed by atoms with Crippen LogP contribution in [0.4, 0.5) is 0 Å². The van der Waals surface area contributed by atoms with E-state index in [0.717, 1.165) is 5.57 Å². The SMILES string of the molecule is COc1cc(C(=O)O)ccc1S(=O)(=O)N1CC=C(C)CC1. The predicted octanol–water partition coefficient (Wildman–Crippen LogP) is 1.73. The molecule has 1 aromatic rings. The Bertz CT molecular complexity index is 693. The lowest BCUT2D eigenvalue weighted by Gasteiger charge is -2.25. The molecular formula is C14H17NO5S. The number of carboxylic acid groups (broad SMARTS) is 1. The van der Waals surface area contributed by atoms with Gasteiger partial charge in [0.15, 0.2) is 0 Å². The van der Waals surface area contributed by atoms with Gasteiger partial charge in [-0.2, -0.15) is 4.31 Å². The van der Waals surface area contributed by atoms with Crippen molar-refractivity contribution in [2.45, 2.75) is 18.2 Å². The molecule has 1 N–H and O–H groups in total. The van der Waals surface area contributed by atoms with Crippen LogP contribution >= 0.6 is 0 Å². The summed E-state index contributed by atoms with van der Waals surface area (Å²) in [7, 11) is -2.38.